The van der Waals surface area contributed by atoms with Crippen molar-refractivity contribution in [3.8, 4) is 5.75 Å². The predicted octanol–water partition coefficient (Wildman–Crippen LogP) is 2.95. The second-order valence-electron chi connectivity index (χ2n) is 4.26. The minimum Gasteiger partial charge on any atom is -0.494 e. The lowest BCUT2D eigenvalue weighted by atomic mass is 9.85. The normalized spacial score (nSPS) is 15.1. The molecule has 0 fully saturated rings. The molecule has 0 bridgehead atoms. The molecule has 1 N–H and O–H groups in total. The van der Waals surface area contributed by atoms with Gasteiger partial charge in [-0.3, -0.25) is 0 Å². The minimum atomic E-state index is -0.799. The van der Waals surface area contributed by atoms with E-state index in [1.54, 1.807) is 0 Å². The molecule has 0 aliphatic rings. The first-order valence-electron chi connectivity index (χ1n) is 5.44. The first-order chi connectivity index (χ1) is 6.98. The van der Waals surface area contributed by atoms with Crippen molar-refractivity contribution in [2.45, 2.75) is 33.3 Å². The summed E-state index contributed by atoms with van der Waals surface area (Å²) in [6, 6.07) is 7.66. The highest BCUT2D eigenvalue weighted by atomic mass is 16.5. The number of benzene rings is 1. The Morgan fingerprint density at radius 3 is 2.60 bits per heavy atom. The van der Waals surface area contributed by atoms with Gasteiger partial charge in [0.25, 0.3) is 0 Å². The third-order valence-electron chi connectivity index (χ3n) is 2.85. The third kappa shape index (κ3) is 2.72. The summed E-state index contributed by atoms with van der Waals surface area (Å²) >= 11 is 0. The summed E-state index contributed by atoms with van der Waals surface area (Å²) in [4.78, 5) is 0. The Hall–Kier alpha value is -1.02. The fourth-order valence-corrected chi connectivity index (χ4v) is 1.40. The molecule has 2 nitrogen and oxygen atoms in total. The molecule has 15 heavy (non-hydrogen) atoms. The van der Waals surface area contributed by atoms with E-state index in [1.807, 2.05) is 52.0 Å². The number of aliphatic hydroxyl groups is 1. The molecule has 0 heterocycles. The van der Waals surface area contributed by atoms with Crippen molar-refractivity contribution in [3.63, 3.8) is 0 Å². The lowest BCUT2D eigenvalue weighted by Gasteiger charge is -2.28. The Kier molecular flexibility index (Phi) is 3.75. The Bertz CT molecular complexity index is 316. The van der Waals surface area contributed by atoms with Crippen LogP contribution in [0.1, 0.15) is 33.3 Å². The Morgan fingerprint density at radius 1 is 1.40 bits per heavy atom. The maximum Gasteiger partial charge on any atom is 0.119 e. The summed E-state index contributed by atoms with van der Waals surface area (Å²) in [7, 11) is 0. The molecule has 0 saturated heterocycles. The van der Waals surface area contributed by atoms with Crippen LogP contribution < -0.4 is 4.74 Å². The van der Waals surface area contributed by atoms with Gasteiger partial charge in [0.2, 0.25) is 0 Å². The second kappa shape index (κ2) is 4.67. The summed E-state index contributed by atoms with van der Waals surface area (Å²) < 4.78 is 5.41. The zero-order valence-electron chi connectivity index (χ0n) is 9.95. The molecule has 2 heteroatoms. The van der Waals surface area contributed by atoms with E-state index < -0.39 is 5.60 Å². The van der Waals surface area contributed by atoms with E-state index in [4.69, 9.17) is 4.74 Å². The Balaban J connectivity index is 2.99. The van der Waals surface area contributed by atoms with E-state index in [9.17, 15) is 5.11 Å². The highest BCUT2D eigenvalue weighted by Gasteiger charge is 2.27. The van der Waals surface area contributed by atoms with E-state index in [-0.39, 0.29) is 5.92 Å². The molecule has 0 saturated carbocycles. The van der Waals surface area contributed by atoms with Gasteiger partial charge in [0, 0.05) is 0 Å². The molecule has 0 aromatic heterocycles. The van der Waals surface area contributed by atoms with Crippen LogP contribution in [0, 0.1) is 5.92 Å². The van der Waals surface area contributed by atoms with Crippen molar-refractivity contribution in [2.75, 3.05) is 6.61 Å². The Morgan fingerprint density at radius 2 is 2.07 bits per heavy atom. The van der Waals surface area contributed by atoms with Crippen LogP contribution in [0.15, 0.2) is 24.3 Å². The first-order valence-corrected chi connectivity index (χ1v) is 5.44. The number of hydrogen-bond donors (Lipinski definition) is 1. The topological polar surface area (TPSA) is 29.5 Å². The van der Waals surface area contributed by atoms with Crippen LogP contribution in [-0.2, 0) is 5.60 Å². The van der Waals surface area contributed by atoms with Gasteiger partial charge in [-0.2, -0.15) is 0 Å². The van der Waals surface area contributed by atoms with Crippen LogP contribution in [0.5, 0.6) is 5.75 Å². The molecule has 0 radical (unpaired) electrons. The fraction of sp³-hybridized carbons (Fsp3) is 0.538. The molecular formula is C13H20O2. The Labute approximate surface area is 91.9 Å². The minimum absolute atomic E-state index is 0.175. The predicted molar refractivity (Wildman–Crippen MR) is 62.0 cm³/mol. The standard InChI is InChI=1S/C13H20O2/c1-5-15-12-8-6-7-11(9-12)13(4,14)10(2)3/h6-10,14H,5H2,1-4H3/t13-/m1/s1. The van der Waals surface area contributed by atoms with Crippen LogP contribution in [0.3, 0.4) is 0 Å². The van der Waals surface area contributed by atoms with Crippen LogP contribution in [-0.4, -0.2) is 11.7 Å². The smallest absolute Gasteiger partial charge is 0.119 e. The zero-order chi connectivity index (χ0) is 11.5. The first kappa shape index (κ1) is 12.1. The lowest BCUT2D eigenvalue weighted by Crippen LogP contribution is -2.27. The van der Waals surface area contributed by atoms with E-state index in [0.717, 1.165) is 11.3 Å². The fourth-order valence-electron chi connectivity index (χ4n) is 1.40. The quantitative estimate of drug-likeness (QED) is 0.824. The molecule has 1 aromatic carbocycles. The van der Waals surface area contributed by atoms with Gasteiger partial charge in [-0.15, -0.1) is 0 Å². The monoisotopic (exact) mass is 208 g/mol. The van der Waals surface area contributed by atoms with Gasteiger partial charge in [-0.25, -0.2) is 0 Å². The molecule has 0 amide bonds. The number of hydrogen-bond acceptors (Lipinski definition) is 2. The highest BCUT2D eigenvalue weighted by Crippen LogP contribution is 2.30. The van der Waals surface area contributed by atoms with E-state index in [1.165, 1.54) is 0 Å². The summed E-state index contributed by atoms with van der Waals surface area (Å²) in [5.74, 6) is 0.991. The van der Waals surface area contributed by atoms with Gasteiger partial charge in [0.05, 0.1) is 12.2 Å². The van der Waals surface area contributed by atoms with Gasteiger partial charge in [0.15, 0.2) is 0 Å². The van der Waals surface area contributed by atoms with Gasteiger partial charge >= 0.3 is 0 Å². The van der Waals surface area contributed by atoms with E-state index in [2.05, 4.69) is 0 Å². The molecule has 0 aliphatic carbocycles. The molecular weight excluding hydrogens is 188 g/mol. The maximum absolute atomic E-state index is 10.3. The summed E-state index contributed by atoms with van der Waals surface area (Å²) in [6.07, 6.45) is 0. The molecule has 1 aromatic rings. The van der Waals surface area contributed by atoms with Crippen molar-refractivity contribution in [1.29, 1.82) is 0 Å². The van der Waals surface area contributed by atoms with Crippen molar-refractivity contribution < 1.29 is 9.84 Å². The zero-order valence-corrected chi connectivity index (χ0v) is 9.95. The molecule has 0 unspecified atom stereocenters. The second-order valence-corrected chi connectivity index (χ2v) is 4.26. The van der Waals surface area contributed by atoms with Crippen molar-refractivity contribution >= 4 is 0 Å². The average Bonchev–Trinajstić information content (AvgIpc) is 2.18. The molecule has 0 spiro atoms. The van der Waals surface area contributed by atoms with E-state index >= 15 is 0 Å². The largest absolute Gasteiger partial charge is 0.494 e. The van der Waals surface area contributed by atoms with Crippen LogP contribution in [0.2, 0.25) is 0 Å². The van der Waals surface area contributed by atoms with Crippen LogP contribution in [0.25, 0.3) is 0 Å². The average molecular weight is 208 g/mol. The van der Waals surface area contributed by atoms with E-state index in [0.29, 0.717) is 6.61 Å². The molecule has 0 aliphatic heterocycles. The van der Waals surface area contributed by atoms with Crippen molar-refractivity contribution in [3.05, 3.63) is 29.8 Å². The van der Waals surface area contributed by atoms with Crippen molar-refractivity contribution in [2.24, 2.45) is 5.92 Å². The van der Waals surface area contributed by atoms with Gasteiger partial charge < -0.3 is 9.84 Å². The van der Waals surface area contributed by atoms with Gasteiger partial charge in [0.1, 0.15) is 5.75 Å². The summed E-state index contributed by atoms with van der Waals surface area (Å²) in [6.45, 7) is 8.45. The van der Waals surface area contributed by atoms with Gasteiger partial charge in [-0.05, 0) is 37.5 Å². The third-order valence-corrected chi connectivity index (χ3v) is 2.85. The summed E-state index contributed by atoms with van der Waals surface area (Å²) in [5.41, 5.74) is 0.107. The maximum atomic E-state index is 10.3. The molecule has 1 atom stereocenters. The lowest BCUT2D eigenvalue weighted by molar-refractivity contribution is 0.00884. The SMILES string of the molecule is CCOc1cccc([C@](C)(O)C(C)C)c1. The number of ether oxygens (including phenoxy) is 1. The summed E-state index contributed by atoms with van der Waals surface area (Å²) in [5, 5.41) is 10.3. The van der Waals surface area contributed by atoms with Crippen LogP contribution >= 0.6 is 0 Å². The van der Waals surface area contributed by atoms with Gasteiger partial charge in [-0.1, -0.05) is 26.0 Å². The molecule has 84 valence electrons. The molecule has 1 rings (SSSR count). The van der Waals surface area contributed by atoms with Crippen molar-refractivity contribution in [1.82, 2.24) is 0 Å². The number of rotatable bonds is 4. The highest BCUT2D eigenvalue weighted by molar-refractivity contribution is 5.32. The van der Waals surface area contributed by atoms with Crippen LogP contribution in [0.4, 0.5) is 0 Å².